The highest BCUT2D eigenvalue weighted by Crippen LogP contribution is 2.59. The molecular formula is C14H23NO. The van der Waals surface area contributed by atoms with E-state index in [4.69, 9.17) is 4.74 Å². The van der Waals surface area contributed by atoms with E-state index in [-0.39, 0.29) is 0 Å². The van der Waals surface area contributed by atoms with Crippen molar-refractivity contribution >= 4 is 0 Å². The molecule has 4 rings (SSSR count). The molecule has 1 aliphatic heterocycles. The van der Waals surface area contributed by atoms with Gasteiger partial charge in [-0.1, -0.05) is 25.5 Å². The molecule has 0 N–H and O–H groups in total. The molecule has 1 heterocycles. The first-order chi connectivity index (χ1) is 7.68. The minimum Gasteiger partial charge on any atom is -0.379 e. The topological polar surface area (TPSA) is 12.5 Å². The zero-order chi connectivity index (χ0) is 11.2. The van der Waals surface area contributed by atoms with Gasteiger partial charge in [-0.3, -0.25) is 4.90 Å². The lowest BCUT2D eigenvalue weighted by atomic mass is 9.49. The Labute approximate surface area is 98.6 Å². The van der Waals surface area contributed by atoms with Gasteiger partial charge in [0, 0.05) is 19.6 Å². The van der Waals surface area contributed by atoms with Gasteiger partial charge in [-0.2, -0.15) is 0 Å². The average molecular weight is 221 g/mol. The number of ether oxygens (including phenoxy) is 1. The van der Waals surface area contributed by atoms with Crippen LogP contribution in [0.1, 0.15) is 26.7 Å². The van der Waals surface area contributed by atoms with E-state index in [2.05, 4.69) is 24.8 Å². The number of fused-ring (bicyclic) bond motifs is 1. The quantitative estimate of drug-likeness (QED) is 0.663. The molecule has 16 heavy (non-hydrogen) atoms. The van der Waals surface area contributed by atoms with Crippen molar-refractivity contribution < 1.29 is 4.74 Å². The zero-order valence-corrected chi connectivity index (χ0v) is 10.5. The largest absolute Gasteiger partial charge is 0.379 e. The van der Waals surface area contributed by atoms with Gasteiger partial charge in [-0.05, 0) is 30.1 Å². The Morgan fingerprint density at radius 3 is 2.75 bits per heavy atom. The molecule has 0 radical (unpaired) electrons. The molecular weight excluding hydrogens is 198 g/mol. The van der Waals surface area contributed by atoms with Crippen LogP contribution in [-0.4, -0.2) is 37.7 Å². The Morgan fingerprint density at radius 1 is 1.38 bits per heavy atom. The number of hydrogen-bond acceptors (Lipinski definition) is 2. The van der Waals surface area contributed by atoms with Crippen molar-refractivity contribution in [1.82, 2.24) is 4.90 Å². The van der Waals surface area contributed by atoms with E-state index in [9.17, 15) is 0 Å². The van der Waals surface area contributed by atoms with Crippen LogP contribution in [0.15, 0.2) is 11.6 Å². The molecule has 0 amide bonds. The second-order valence-electron chi connectivity index (χ2n) is 6.21. The van der Waals surface area contributed by atoms with Crippen LogP contribution in [0.4, 0.5) is 0 Å². The van der Waals surface area contributed by atoms with Crippen molar-refractivity contribution in [1.29, 1.82) is 0 Å². The third-order valence-electron chi connectivity index (χ3n) is 5.09. The fraction of sp³-hybridized carbons (Fsp3) is 0.857. The van der Waals surface area contributed by atoms with Crippen LogP contribution in [0.5, 0.6) is 0 Å². The summed E-state index contributed by atoms with van der Waals surface area (Å²) in [5.41, 5.74) is 2.30. The van der Waals surface area contributed by atoms with E-state index in [1.54, 1.807) is 5.57 Å². The van der Waals surface area contributed by atoms with E-state index in [1.807, 2.05) is 0 Å². The van der Waals surface area contributed by atoms with Crippen molar-refractivity contribution in [3.05, 3.63) is 11.6 Å². The van der Waals surface area contributed by atoms with Crippen LogP contribution in [0.25, 0.3) is 0 Å². The number of allylic oxidation sites excluding steroid dienone is 1. The normalized spacial score (nSPS) is 37.8. The van der Waals surface area contributed by atoms with Crippen molar-refractivity contribution in [3.8, 4) is 0 Å². The van der Waals surface area contributed by atoms with Gasteiger partial charge in [-0.15, -0.1) is 0 Å². The van der Waals surface area contributed by atoms with Crippen molar-refractivity contribution in [3.63, 3.8) is 0 Å². The second kappa shape index (κ2) is 3.85. The highest BCUT2D eigenvalue weighted by Gasteiger charge is 2.51. The third kappa shape index (κ3) is 1.63. The Balaban J connectivity index is 1.65. The van der Waals surface area contributed by atoms with Crippen molar-refractivity contribution in [2.75, 3.05) is 32.8 Å². The van der Waals surface area contributed by atoms with E-state index in [1.165, 1.54) is 19.4 Å². The molecule has 0 unspecified atom stereocenters. The predicted octanol–water partition coefficient (Wildman–Crippen LogP) is 2.31. The van der Waals surface area contributed by atoms with E-state index >= 15 is 0 Å². The number of rotatable bonds is 2. The molecule has 1 saturated heterocycles. The molecule has 4 aliphatic rings. The average Bonchev–Trinajstić information content (AvgIpc) is 2.30. The smallest absolute Gasteiger partial charge is 0.0594 e. The van der Waals surface area contributed by atoms with Gasteiger partial charge in [0.05, 0.1) is 13.2 Å². The summed E-state index contributed by atoms with van der Waals surface area (Å²) in [5.74, 6) is 1.83. The van der Waals surface area contributed by atoms with Gasteiger partial charge in [0.25, 0.3) is 0 Å². The van der Waals surface area contributed by atoms with E-state index in [0.29, 0.717) is 5.41 Å². The summed E-state index contributed by atoms with van der Waals surface area (Å²) < 4.78 is 5.41. The van der Waals surface area contributed by atoms with Crippen LogP contribution < -0.4 is 0 Å². The van der Waals surface area contributed by atoms with Crippen LogP contribution in [0, 0.1) is 17.3 Å². The molecule has 90 valence electrons. The summed E-state index contributed by atoms with van der Waals surface area (Å²) in [4.78, 5) is 2.56. The lowest BCUT2D eigenvalue weighted by Crippen LogP contribution is -2.50. The Bertz CT molecular complexity index is 302. The third-order valence-corrected chi connectivity index (χ3v) is 5.09. The summed E-state index contributed by atoms with van der Waals surface area (Å²) in [6.07, 6.45) is 5.30. The number of hydrogen-bond donors (Lipinski definition) is 0. The molecule has 0 aromatic heterocycles. The van der Waals surface area contributed by atoms with Gasteiger partial charge in [-0.25, -0.2) is 0 Å². The van der Waals surface area contributed by atoms with Crippen LogP contribution in [-0.2, 0) is 4.74 Å². The lowest BCUT2D eigenvalue weighted by Gasteiger charge is -2.57. The highest BCUT2D eigenvalue weighted by molar-refractivity contribution is 5.24. The molecule has 2 bridgehead atoms. The monoisotopic (exact) mass is 221 g/mol. The first-order valence-corrected chi connectivity index (χ1v) is 6.67. The molecule has 2 fully saturated rings. The molecule has 2 heteroatoms. The first-order valence-electron chi connectivity index (χ1n) is 6.67. The molecule has 0 aromatic rings. The van der Waals surface area contributed by atoms with Gasteiger partial charge in [0.2, 0.25) is 0 Å². The van der Waals surface area contributed by atoms with Gasteiger partial charge in [0.15, 0.2) is 0 Å². The summed E-state index contributed by atoms with van der Waals surface area (Å²) in [5, 5.41) is 0. The maximum Gasteiger partial charge on any atom is 0.0594 e. The summed E-state index contributed by atoms with van der Waals surface area (Å²) in [7, 11) is 0. The van der Waals surface area contributed by atoms with E-state index in [0.717, 1.165) is 38.1 Å². The minimum atomic E-state index is 0.580. The molecule has 2 atom stereocenters. The van der Waals surface area contributed by atoms with E-state index < -0.39 is 0 Å². The van der Waals surface area contributed by atoms with Gasteiger partial charge < -0.3 is 4.74 Å². The van der Waals surface area contributed by atoms with Crippen LogP contribution >= 0.6 is 0 Å². The second-order valence-corrected chi connectivity index (χ2v) is 6.21. The van der Waals surface area contributed by atoms with Crippen molar-refractivity contribution in [2.24, 2.45) is 17.3 Å². The fourth-order valence-corrected chi connectivity index (χ4v) is 3.67. The molecule has 0 spiro atoms. The molecule has 2 nitrogen and oxygen atoms in total. The summed E-state index contributed by atoms with van der Waals surface area (Å²) >= 11 is 0. The standard InChI is InChI=1S/C14H23NO/c1-14(2)12-4-3-11(13(14)9-12)10-15-5-7-16-8-6-15/h3,12-13H,4-10H2,1-2H3/t12-,13-/m0/s1. The Hall–Kier alpha value is -0.340. The fourth-order valence-electron chi connectivity index (χ4n) is 3.67. The highest BCUT2D eigenvalue weighted by atomic mass is 16.5. The summed E-state index contributed by atoms with van der Waals surface area (Å²) in [6, 6.07) is 0. The van der Waals surface area contributed by atoms with Crippen molar-refractivity contribution in [2.45, 2.75) is 26.7 Å². The Kier molecular flexibility index (Phi) is 2.60. The predicted molar refractivity (Wildman–Crippen MR) is 65.3 cm³/mol. The maximum absolute atomic E-state index is 5.41. The lowest BCUT2D eigenvalue weighted by molar-refractivity contribution is -0.0161. The van der Waals surface area contributed by atoms with Crippen LogP contribution in [0.2, 0.25) is 0 Å². The SMILES string of the molecule is CC1(C)[C@H]2CC=C(CN3CCOCC3)[C@@H]1C2. The first kappa shape index (κ1) is 10.8. The molecule has 1 saturated carbocycles. The summed E-state index contributed by atoms with van der Waals surface area (Å²) in [6.45, 7) is 10.2. The van der Waals surface area contributed by atoms with Crippen LogP contribution in [0.3, 0.4) is 0 Å². The minimum absolute atomic E-state index is 0.580. The maximum atomic E-state index is 5.41. The number of nitrogens with zero attached hydrogens (tertiary/aromatic N) is 1. The molecule has 0 aromatic carbocycles. The Morgan fingerprint density at radius 2 is 2.12 bits per heavy atom. The van der Waals surface area contributed by atoms with Gasteiger partial charge in [0.1, 0.15) is 0 Å². The number of morpholine rings is 1. The van der Waals surface area contributed by atoms with Gasteiger partial charge >= 0.3 is 0 Å². The zero-order valence-electron chi connectivity index (χ0n) is 10.5. The molecule has 3 aliphatic carbocycles.